The summed E-state index contributed by atoms with van der Waals surface area (Å²) < 4.78 is 11.9. The van der Waals surface area contributed by atoms with Crippen molar-refractivity contribution in [2.45, 2.75) is 45.3 Å². The molecule has 1 saturated heterocycles. The van der Waals surface area contributed by atoms with E-state index in [9.17, 15) is 0 Å². The van der Waals surface area contributed by atoms with E-state index in [0.717, 1.165) is 5.76 Å². The molecule has 30 heavy (non-hydrogen) atoms. The maximum Gasteiger partial charge on any atom is 0.179 e. The van der Waals surface area contributed by atoms with Crippen LogP contribution < -0.4 is 10.6 Å². The summed E-state index contributed by atoms with van der Waals surface area (Å²) in [4.78, 5) is 2.40. The van der Waals surface area contributed by atoms with Crippen LogP contribution in [0.1, 0.15) is 39.2 Å². The highest BCUT2D eigenvalue weighted by Crippen LogP contribution is 2.32. The summed E-state index contributed by atoms with van der Waals surface area (Å²) in [6, 6.07) is 3.78. The second kappa shape index (κ2) is 10.5. The van der Waals surface area contributed by atoms with E-state index in [0.29, 0.717) is 41.6 Å². The molecule has 0 unspecified atom stereocenters. The molecule has 0 aliphatic carbocycles. The van der Waals surface area contributed by atoms with Crippen molar-refractivity contribution in [2.24, 2.45) is 20.4 Å². The van der Waals surface area contributed by atoms with Crippen molar-refractivity contribution in [3.63, 3.8) is 0 Å². The number of ether oxygens (including phenoxy) is 1. The molecule has 0 atom stereocenters. The second-order valence-electron chi connectivity index (χ2n) is 8.05. The number of amidine groups is 2. The fourth-order valence-corrected chi connectivity index (χ4v) is 3.28. The zero-order valence-electron chi connectivity index (χ0n) is 18.3. The van der Waals surface area contributed by atoms with Crippen LogP contribution in [0, 0.1) is 0 Å². The predicted molar refractivity (Wildman–Crippen MR) is 129 cm³/mol. The van der Waals surface area contributed by atoms with Crippen LogP contribution >= 0.6 is 25.3 Å². The fourth-order valence-electron chi connectivity index (χ4n) is 3.19. The lowest BCUT2D eigenvalue weighted by Crippen LogP contribution is -2.62. The first-order valence-corrected chi connectivity index (χ1v) is 10.4. The Kier molecular flexibility index (Phi) is 8.53. The fraction of sp³-hybridized carbons (Fsp3) is 0.579. The highest BCUT2D eigenvalue weighted by Gasteiger charge is 2.42. The summed E-state index contributed by atoms with van der Waals surface area (Å²) in [6.45, 7) is 10.7. The number of thiol groups is 2. The van der Waals surface area contributed by atoms with E-state index in [4.69, 9.17) is 9.15 Å². The summed E-state index contributed by atoms with van der Waals surface area (Å²) in [5.74, 6) is 1.34. The number of hydrogen-bond donors (Lipinski definition) is 4. The summed E-state index contributed by atoms with van der Waals surface area (Å²) in [5.41, 5.74) is 0.177. The topological polar surface area (TPSA) is 99.1 Å². The highest BCUT2D eigenvalue weighted by molar-refractivity contribution is 7.97. The molecule has 0 bridgehead atoms. The van der Waals surface area contributed by atoms with Crippen LogP contribution in [-0.2, 0) is 11.3 Å². The van der Waals surface area contributed by atoms with Crippen LogP contribution in [0.4, 0.5) is 0 Å². The third kappa shape index (κ3) is 6.59. The molecule has 0 radical (unpaired) electrons. The molecule has 11 heteroatoms. The van der Waals surface area contributed by atoms with Crippen LogP contribution in [0.5, 0.6) is 0 Å². The van der Waals surface area contributed by atoms with Gasteiger partial charge in [-0.25, -0.2) is 0 Å². The van der Waals surface area contributed by atoms with Gasteiger partial charge < -0.3 is 19.8 Å². The standard InChI is InChI=1S/C19H31N7O2S2/c1-18(2)11-27-12-19(3,4)26(18)10-13-7-8-15(28-13)14(23-25-17(30)21-6)9-22-24-16(29)20-5/h7-9H,10-12H2,1-6H3,(H2,20,24,29)(H2,21,25,30)/b22-9+,23-14-. The van der Waals surface area contributed by atoms with Gasteiger partial charge in [-0.2, -0.15) is 5.10 Å². The Labute approximate surface area is 188 Å². The second-order valence-corrected chi connectivity index (χ2v) is 8.89. The Morgan fingerprint density at radius 3 is 2.23 bits per heavy atom. The van der Waals surface area contributed by atoms with Crippen LogP contribution in [0.15, 0.2) is 37.0 Å². The number of morpholine rings is 1. The zero-order chi connectivity index (χ0) is 22.4. The van der Waals surface area contributed by atoms with Gasteiger partial charge in [0.2, 0.25) is 0 Å². The maximum atomic E-state index is 6.08. The minimum atomic E-state index is -0.115. The van der Waals surface area contributed by atoms with E-state index in [-0.39, 0.29) is 11.1 Å². The van der Waals surface area contributed by atoms with E-state index in [1.807, 2.05) is 12.1 Å². The average molecular weight is 454 g/mol. The summed E-state index contributed by atoms with van der Waals surface area (Å²) in [6.07, 6.45) is 1.46. The van der Waals surface area contributed by atoms with Gasteiger partial charge in [-0.05, 0) is 39.8 Å². The molecule has 1 aromatic heterocycles. The van der Waals surface area contributed by atoms with Crippen molar-refractivity contribution in [1.29, 1.82) is 0 Å². The smallest absolute Gasteiger partial charge is 0.179 e. The average Bonchev–Trinajstić information content (AvgIpc) is 3.15. The van der Waals surface area contributed by atoms with Crippen LogP contribution in [0.3, 0.4) is 0 Å². The van der Waals surface area contributed by atoms with Crippen LogP contribution in [0.25, 0.3) is 0 Å². The van der Waals surface area contributed by atoms with Crippen LogP contribution in [0.2, 0.25) is 0 Å². The summed E-state index contributed by atoms with van der Waals surface area (Å²) in [5, 5.41) is 22.4. The Morgan fingerprint density at radius 2 is 1.63 bits per heavy atom. The van der Waals surface area contributed by atoms with E-state index in [1.54, 1.807) is 14.1 Å². The molecule has 9 nitrogen and oxygen atoms in total. The lowest BCUT2D eigenvalue weighted by molar-refractivity contribution is -0.133. The molecule has 2 heterocycles. The Morgan fingerprint density at radius 1 is 1.03 bits per heavy atom. The van der Waals surface area contributed by atoms with Crippen molar-refractivity contribution in [3.8, 4) is 0 Å². The third-order valence-electron chi connectivity index (χ3n) is 4.63. The molecule has 1 aliphatic rings. The minimum Gasteiger partial charge on any atom is -0.458 e. The molecule has 0 aromatic carbocycles. The first-order chi connectivity index (χ1) is 14.1. The first-order valence-electron chi connectivity index (χ1n) is 9.54. The number of nitrogens with one attached hydrogen (secondary N) is 2. The van der Waals surface area contributed by atoms with Gasteiger partial charge in [-0.1, -0.05) is 0 Å². The van der Waals surface area contributed by atoms with Gasteiger partial charge in [-0.15, -0.1) is 40.6 Å². The Bertz CT molecular complexity index is 828. The molecule has 0 amide bonds. The van der Waals surface area contributed by atoms with E-state index in [2.05, 4.69) is 88.9 Å². The van der Waals surface area contributed by atoms with Crippen molar-refractivity contribution >= 4 is 47.5 Å². The number of rotatable bonds is 6. The van der Waals surface area contributed by atoms with Crippen molar-refractivity contribution < 1.29 is 9.15 Å². The quantitative estimate of drug-likeness (QED) is 0.229. The Balaban J connectivity index is 2.30. The Hall–Kier alpha value is -1.82. The van der Waals surface area contributed by atoms with Gasteiger partial charge in [0, 0.05) is 25.2 Å². The van der Waals surface area contributed by atoms with Crippen molar-refractivity contribution in [1.82, 2.24) is 15.5 Å². The van der Waals surface area contributed by atoms with E-state index >= 15 is 0 Å². The number of furan rings is 1. The summed E-state index contributed by atoms with van der Waals surface area (Å²) >= 11 is 8.30. The van der Waals surface area contributed by atoms with E-state index in [1.165, 1.54) is 6.21 Å². The first kappa shape index (κ1) is 24.4. The minimum absolute atomic E-state index is 0.115. The lowest BCUT2D eigenvalue weighted by atomic mass is 9.91. The van der Waals surface area contributed by atoms with Gasteiger partial charge in [0.15, 0.2) is 16.1 Å². The zero-order valence-corrected chi connectivity index (χ0v) is 20.1. The normalized spacial score (nSPS) is 20.6. The number of hydrogen-bond acceptors (Lipinski definition) is 7. The molecular formula is C19H31N7O2S2. The molecule has 0 saturated carbocycles. The van der Waals surface area contributed by atoms with E-state index < -0.39 is 0 Å². The molecule has 2 N–H and O–H groups in total. The molecule has 1 aromatic rings. The van der Waals surface area contributed by atoms with Crippen molar-refractivity contribution in [2.75, 3.05) is 27.3 Å². The monoisotopic (exact) mass is 453 g/mol. The maximum absolute atomic E-state index is 6.08. The highest BCUT2D eigenvalue weighted by atomic mass is 32.1. The van der Waals surface area contributed by atoms with Crippen LogP contribution in [-0.4, -0.2) is 65.5 Å². The molecule has 1 fully saturated rings. The van der Waals surface area contributed by atoms with Gasteiger partial charge >= 0.3 is 0 Å². The lowest BCUT2D eigenvalue weighted by Gasteiger charge is -2.52. The van der Waals surface area contributed by atoms with Gasteiger partial charge in [0.05, 0.1) is 26.0 Å². The van der Waals surface area contributed by atoms with Crippen molar-refractivity contribution in [3.05, 3.63) is 23.7 Å². The molecule has 0 spiro atoms. The molecule has 1 aliphatic heterocycles. The van der Waals surface area contributed by atoms with Gasteiger partial charge in [0.25, 0.3) is 0 Å². The summed E-state index contributed by atoms with van der Waals surface area (Å²) in [7, 11) is 3.41. The molecule has 2 rings (SSSR count). The predicted octanol–water partition coefficient (Wildman–Crippen LogP) is 2.37. The van der Waals surface area contributed by atoms with Gasteiger partial charge in [-0.3, -0.25) is 4.90 Å². The van der Waals surface area contributed by atoms with Gasteiger partial charge in [0.1, 0.15) is 11.5 Å². The number of nitrogens with zero attached hydrogens (tertiary/aromatic N) is 5. The SMILES string of the molecule is CN/C(S)=N/N=C(/C=N/N=C(\S)NC)c1ccc(CN2C(C)(C)COCC2(C)C)o1. The largest absolute Gasteiger partial charge is 0.458 e. The molecule has 166 valence electrons. The third-order valence-corrected chi connectivity index (χ3v) is 5.26. The molecular weight excluding hydrogens is 422 g/mol.